The van der Waals surface area contributed by atoms with E-state index in [9.17, 15) is 32.6 Å². The number of hydrogen-bond donors (Lipinski definition) is 3. The van der Waals surface area contributed by atoms with Crippen LogP contribution in [-0.2, 0) is 4.79 Å². The number of hydrogen-bond acceptors (Lipinski definition) is 6. The Kier molecular flexibility index (Phi) is 5.23. The van der Waals surface area contributed by atoms with E-state index in [1.807, 2.05) is 0 Å². The summed E-state index contributed by atoms with van der Waals surface area (Å²) in [5.41, 5.74) is -0.195. The maximum absolute atomic E-state index is 14.7. The minimum Gasteiger partial charge on any atom is -0.505 e. The summed E-state index contributed by atoms with van der Waals surface area (Å²) in [6.45, 7) is -0.125. The molecule has 0 aliphatic carbocycles. The van der Waals surface area contributed by atoms with E-state index in [0.717, 1.165) is 24.3 Å². The number of rotatable bonds is 3. The number of phenols is 2. The van der Waals surface area contributed by atoms with E-state index in [1.165, 1.54) is 0 Å². The number of ether oxygens (including phenoxy) is 2. The molecule has 11 heteroatoms. The molecule has 1 aliphatic rings. The van der Waals surface area contributed by atoms with Crippen LogP contribution >= 0.6 is 21.9 Å². The molecule has 0 fully saturated rings. The molecule has 1 atom stereocenters. The van der Waals surface area contributed by atoms with Gasteiger partial charge in [0.2, 0.25) is 5.82 Å². The van der Waals surface area contributed by atoms with Crippen LogP contribution < -0.4 is 14.8 Å². The zero-order chi connectivity index (χ0) is 22.6. The summed E-state index contributed by atoms with van der Waals surface area (Å²) < 4.78 is 67.7. The first-order chi connectivity index (χ1) is 14.6. The van der Waals surface area contributed by atoms with Crippen molar-refractivity contribution in [3.63, 3.8) is 0 Å². The van der Waals surface area contributed by atoms with Crippen LogP contribution in [0.3, 0.4) is 0 Å². The van der Waals surface area contributed by atoms with Gasteiger partial charge in [0.1, 0.15) is 11.5 Å². The van der Waals surface area contributed by atoms with Crippen molar-refractivity contribution in [3.8, 4) is 28.7 Å². The zero-order valence-corrected chi connectivity index (χ0v) is 17.2. The molecule has 31 heavy (non-hydrogen) atoms. The third kappa shape index (κ3) is 3.26. The van der Waals surface area contributed by atoms with E-state index in [-0.39, 0.29) is 40.0 Å². The Morgan fingerprint density at radius 2 is 1.48 bits per heavy atom. The van der Waals surface area contributed by atoms with Gasteiger partial charge in [-0.1, -0.05) is 0 Å². The topological polar surface area (TPSA) is 76.0 Å². The lowest BCUT2D eigenvalue weighted by atomic mass is 9.81. The minimum absolute atomic E-state index is 0.00826. The standard InChI is InChI=1S/C20H11F4O5PS/c21-8-1-6-12(3-10(8)26)29-13-4-11(27)9(22)2-7(13)14(6)15-18(28-5-25)16(23)17(24)20(31)19(15)30/h1-5,14,26-27,31H,30H2. The van der Waals surface area contributed by atoms with Gasteiger partial charge in [-0.3, -0.25) is 4.79 Å². The van der Waals surface area contributed by atoms with Crippen LogP contribution in [0.25, 0.3) is 0 Å². The van der Waals surface area contributed by atoms with Crippen molar-refractivity contribution >= 4 is 33.6 Å². The highest BCUT2D eigenvalue weighted by Crippen LogP contribution is 2.52. The van der Waals surface area contributed by atoms with Crippen molar-refractivity contribution in [2.75, 3.05) is 0 Å². The Morgan fingerprint density at radius 1 is 0.968 bits per heavy atom. The fourth-order valence-electron chi connectivity index (χ4n) is 3.48. The van der Waals surface area contributed by atoms with Gasteiger partial charge in [-0.15, -0.1) is 21.9 Å². The molecule has 0 saturated carbocycles. The van der Waals surface area contributed by atoms with Crippen LogP contribution in [0.4, 0.5) is 17.6 Å². The Balaban J connectivity index is 2.14. The molecule has 0 spiro atoms. The van der Waals surface area contributed by atoms with E-state index in [0.29, 0.717) is 0 Å². The van der Waals surface area contributed by atoms with Gasteiger partial charge in [-0.25, -0.2) is 13.2 Å². The second-order valence-electron chi connectivity index (χ2n) is 6.57. The monoisotopic (exact) mass is 470 g/mol. The lowest BCUT2D eigenvalue weighted by molar-refractivity contribution is -0.120. The van der Waals surface area contributed by atoms with Crippen LogP contribution in [0.1, 0.15) is 22.6 Å². The molecule has 3 aromatic rings. The molecule has 0 saturated heterocycles. The molecule has 5 nitrogen and oxygen atoms in total. The zero-order valence-electron chi connectivity index (χ0n) is 15.1. The average molecular weight is 470 g/mol. The lowest BCUT2D eigenvalue weighted by Crippen LogP contribution is -2.21. The number of fused-ring (bicyclic) bond motifs is 2. The first-order valence-corrected chi connectivity index (χ1v) is 9.50. The molecule has 1 aliphatic heterocycles. The van der Waals surface area contributed by atoms with Crippen LogP contribution in [0, 0.1) is 23.3 Å². The van der Waals surface area contributed by atoms with Crippen LogP contribution in [0.2, 0.25) is 0 Å². The van der Waals surface area contributed by atoms with E-state index in [2.05, 4.69) is 21.9 Å². The van der Waals surface area contributed by atoms with Crippen LogP contribution in [0.5, 0.6) is 28.7 Å². The Morgan fingerprint density at radius 3 is 1.97 bits per heavy atom. The predicted octanol–water partition coefficient (Wildman–Crippen LogP) is 4.26. The Labute approximate surface area is 179 Å². The summed E-state index contributed by atoms with van der Waals surface area (Å²) in [4.78, 5) is 10.6. The van der Waals surface area contributed by atoms with Gasteiger partial charge in [0.25, 0.3) is 6.47 Å². The molecule has 1 heterocycles. The van der Waals surface area contributed by atoms with Gasteiger partial charge in [0, 0.05) is 34.7 Å². The minimum atomic E-state index is -1.54. The molecule has 2 N–H and O–H groups in total. The van der Waals surface area contributed by atoms with Crippen molar-refractivity contribution < 1.29 is 42.0 Å². The van der Waals surface area contributed by atoms with E-state index in [1.54, 1.807) is 0 Å². The summed E-state index contributed by atoms with van der Waals surface area (Å²) in [6, 6.07) is 3.62. The molecule has 160 valence electrons. The number of carbonyl (C=O) groups is 1. The third-order valence-corrected chi connectivity index (χ3v) is 6.12. The number of carbonyl (C=O) groups excluding carboxylic acids is 1. The van der Waals surface area contributed by atoms with Gasteiger partial charge < -0.3 is 19.7 Å². The highest BCUT2D eigenvalue weighted by atomic mass is 32.1. The first kappa shape index (κ1) is 21.3. The summed E-state index contributed by atoms with van der Waals surface area (Å²) in [5.74, 6) is -8.86. The van der Waals surface area contributed by atoms with Gasteiger partial charge >= 0.3 is 0 Å². The highest BCUT2D eigenvalue weighted by Gasteiger charge is 2.37. The predicted molar refractivity (Wildman–Crippen MR) is 107 cm³/mol. The molecule has 4 rings (SSSR count). The Bertz CT molecular complexity index is 1210. The summed E-state index contributed by atoms with van der Waals surface area (Å²) in [6.07, 6.45) is 0. The molecular formula is C20H11F4O5PS. The third-order valence-electron chi connectivity index (χ3n) is 4.84. The second kappa shape index (κ2) is 7.62. The number of phenolic OH excluding ortho intramolecular Hbond substituents is 2. The maximum Gasteiger partial charge on any atom is 0.298 e. The van der Waals surface area contributed by atoms with E-state index in [4.69, 9.17) is 9.47 Å². The van der Waals surface area contributed by atoms with Crippen LogP contribution in [0.15, 0.2) is 29.2 Å². The fraction of sp³-hybridized carbons (Fsp3) is 0.0500. The highest BCUT2D eigenvalue weighted by molar-refractivity contribution is 7.80. The SMILES string of the molecule is O=COc1c(F)c(F)c(S)c(P)c1C1c2cc(F)c(O)cc2Oc2cc(O)c(F)cc21. The number of benzene rings is 3. The summed E-state index contributed by atoms with van der Waals surface area (Å²) >= 11 is 3.96. The van der Waals surface area contributed by atoms with Crippen molar-refractivity contribution in [1.29, 1.82) is 0 Å². The maximum atomic E-state index is 14.7. The molecule has 1 unspecified atom stereocenters. The smallest absolute Gasteiger partial charge is 0.298 e. The number of thiol groups is 1. The van der Waals surface area contributed by atoms with Gasteiger partial charge in [-0.05, 0) is 17.4 Å². The summed E-state index contributed by atoms with van der Waals surface area (Å²) in [5, 5.41) is 19.4. The molecule has 0 amide bonds. The molecular weight excluding hydrogens is 459 g/mol. The molecule has 0 aromatic heterocycles. The molecule has 3 aromatic carbocycles. The average Bonchev–Trinajstić information content (AvgIpc) is 2.72. The first-order valence-electron chi connectivity index (χ1n) is 8.47. The van der Waals surface area contributed by atoms with E-state index < -0.39 is 51.3 Å². The summed E-state index contributed by atoms with van der Waals surface area (Å²) in [7, 11) is 2.13. The number of halogens is 4. The number of aromatic hydroxyl groups is 2. The van der Waals surface area contributed by atoms with Gasteiger partial charge in [-0.2, -0.15) is 4.39 Å². The van der Waals surface area contributed by atoms with E-state index >= 15 is 0 Å². The van der Waals surface area contributed by atoms with Crippen LogP contribution in [-0.4, -0.2) is 16.7 Å². The normalized spacial score (nSPS) is 12.7. The van der Waals surface area contributed by atoms with Crippen molar-refractivity contribution in [1.82, 2.24) is 0 Å². The Hall–Kier alpha value is -2.97. The molecule has 0 bridgehead atoms. The quantitative estimate of drug-likeness (QED) is 0.181. The van der Waals surface area contributed by atoms with Gasteiger partial charge in [0.15, 0.2) is 34.7 Å². The van der Waals surface area contributed by atoms with Crippen molar-refractivity contribution in [2.45, 2.75) is 10.8 Å². The molecule has 0 radical (unpaired) electrons. The lowest BCUT2D eigenvalue weighted by Gasteiger charge is -2.31. The largest absolute Gasteiger partial charge is 0.505 e. The second-order valence-corrected chi connectivity index (χ2v) is 7.59. The van der Waals surface area contributed by atoms with Gasteiger partial charge in [0.05, 0.1) is 4.90 Å². The van der Waals surface area contributed by atoms with Crippen molar-refractivity contribution in [2.24, 2.45) is 0 Å². The fourth-order valence-corrected chi connectivity index (χ4v) is 4.12. The van der Waals surface area contributed by atoms with Crippen molar-refractivity contribution in [3.05, 3.63) is 64.2 Å².